The van der Waals surface area contributed by atoms with E-state index in [1.165, 1.54) is 0 Å². The third-order valence-electron chi connectivity index (χ3n) is 2.09. The molecule has 0 bridgehead atoms. The molecule has 0 unspecified atom stereocenters. The molecule has 0 saturated heterocycles. The first-order chi connectivity index (χ1) is 7.63. The fourth-order valence-electron chi connectivity index (χ4n) is 1.33. The first-order valence-corrected chi connectivity index (χ1v) is 5.92. The van der Waals surface area contributed by atoms with E-state index in [2.05, 4.69) is 27.4 Å². The van der Waals surface area contributed by atoms with Crippen molar-refractivity contribution < 1.29 is 4.79 Å². The standard InChI is InChI=1S/C14H26N2O/c1-12(2)16(11-14(3,4)5)13(17)9-8-10-15(6)7/h8-9H,1,10-11H2,2-7H3/b9-8-. The molecule has 0 aromatic carbocycles. The summed E-state index contributed by atoms with van der Waals surface area (Å²) in [6.07, 6.45) is 3.50. The summed E-state index contributed by atoms with van der Waals surface area (Å²) in [5.41, 5.74) is 0.865. The summed E-state index contributed by atoms with van der Waals surface area (Å²) in [4.78, 5) is 15.7. The Bertz CT molecular complexity index is 298. The molecule has 0 aromatic rings. The highest BCUT2D eigenvalue weighted by molar-refractivity contribution is 5.88. The zero-order valence-electron chi connectivity index (χ0n) is 12.1. The molecule has 0 atom stereocenters. The van der Waals surface area contributed by atoms with Crippen molar-refractivity contribution in [3.05, 3.63) is 24.4 Å². The molecule has 0 aliphatic heterocycles. The van der Waals surface area contributed by atoms with Gasteiger partial charge in [-0.1, -0.05) is 33.4 Å². The van der Waals surface area contributed by atoms with E-state index >= 15 is 0 Å². The van der Waals surface area contributed by atoms with Gasteiger partial charge in [0.25, 0.3) is 0 Å². The summed E-state index contributed by atoms with van der Waals surface area (Å²) in [6, 6.07) is 0. The van der Waals surface area contributed by atoms with Gasteiger partial charge in [-0.2, -0.15) is 0 Å². The second-order valence-corrected chi connectivity index (χ2v) is 5.88. The minimum Gasteiger partial charge on any atom is -0.313 e. The van der Waals surface area contributed by atoms with Gasteiger partial charge in [0.2, 0.25) is 5.91 Å². The molecule has 3 nitrogen and oxygen atoms in total. The molecule has 98 valence electrons. The monoisotopic (exact) mass is 238 g/mol. The van der Waals surface area contributed by atoms with Crippen LogP contribution >= 0.6 is 0 Å². The summed E-state index contributed by atoms with van der Waals surface area (Å²) in [5.74, 6) is 0.00859. The van der Waals surface area contributed by atoms with Crippen molar-refractivity contribution in [2.75, 3.05) is 27.2 Å². The van der Waals surface area contributed by atoms with E-state index in [-0.39, 0.29) is 11.3 Å². The summed E-state index contributed by atoms with van der Waals surface area (Å²) in [5, 5.41) is 0. The van der Waals surface area contributed by atoms with Crippen LogP contribution in [0.15, 0.2) is 24.4 Å². The molecule has 3 heteroatoms. The number of hydrogen-bond donors (Lipinski definition) is 0. The molecular weight excluding hydrogens is 212 g/mol. The topological polar surface area (TPSA) is 23.6 Å². The average molecular weight is 238 g/mol. The maximum Gasteiger partial charge on any atom is 0.250 e. The van der Waals surface area contributed by atoms with Crippen molar-refractivity contribution in [2.45, 2.75) is 27.7 Å². The number of nitrogens with zero attached hydrogens (tertiary/aromatic N) is 2. The van der Waals surface area contributed by atoms with Crippen LogP contribution in [-0.2, 0) is 4.79 Å². The third-order valence-corrected chi connectivity index (χ3v) is 2.09. The average Bonchev–Trinajstić information content (AvgIpc) is 2.11. The Morgan fingerprint density at radius 2 is 1.82 bits per heavy atom. The minimum atomic E-state index is 0.00859. The molecule has 0 aromatic heterocycles. The Kier molecular flexibility index (Phi) is 6.18. The molecule has 17 heavy (non-hydrogen) atoms. The van der Waals surface area contributed by atoms with E-state index in [0.717, 1.165) is 12.2 Å². The lowest BCUT2D eigenvalue weighted by Gasteiger charge is -2.29. The van der Waals surface area contributed by atoms with Gasteiger partial charge >= 0.3 is 0 Å². The van der Waals surface area contributed by atoms with Crippen LogP contribution in [-0.4, -0.2) is 42.9 Å². The minimum absolute atomic E-state index is 0.00859. The molecule has 0 fully saturated rings. The molecule has 0 rings (SSSR count). The van der Waals surface area contributed by atoms with Crippen molar-refractivity contribution in [2.24, 2.45) is 5.41 Å². The number of hydrogen-bond acceptors (Lipinski definition) is 2. The third kappa shape index (κ3) is 7.75. The molecule has 0 aliphatic carbocycles. The van der Waals surface area contributed by atoms with Crippen molar-refractivity contribution >= 4 is 5.91 Å². The highest BCUT2D eigenvalue weighted by Crippen LogP contribution is 2.18. The number of carbonyl (C=O) groups excluding carboxylic acids is 1. The maximum absolute atomic E-state index is 12.0. The fourth-order valence-corrected chi connectivity index (χ4v) is 1.33. The van der Waals surface area contributed by atoms with Gasteiger partial charge in [0.1, 0.15) is 0 Å². The molecule has 0 aliphatic rings. The van der Waals surface area contributed by atoms with E-state index in [0.29, 0.717) is 6.54 Å². The van der Waals surface area contributed by atoms with Crippen LogP contribution in [0.5, 0.6) is 0 Å². The van der Waals surface area contributed by atoms with Gasteiger partial charge in [0.05, 0.1) is 0 Å². The second-order valence-electron chi connectivity index (χ2n) is 5.88. The van der Waals surface area contributed by atoms with Crippen LogP contribution in [0, 0.1) is 5.41 Å². The van der Waals surface area contributed by atoms with Crippen molar-refractivity contribution in [3.63, 3.8) is 0 Å². The first-order valence-electron chi connectivity index (χ1n) is 5.92. The lowest BCUT2D eigenvalue weighted by molar-refractivity contribution is -0.125. The van der Waals surface area contributed by atoms with Gasteiger partial charge in [-0.3, -0.25) is 4.79 Å². The zero-order chi connectivity index (χ0) is 13.6. The predicted molar refractivity (Wildman–Crippen MR) is 73.7 cm³/mol. The van der Waals surface area contributed by atoms with Crippen LogP contribution < -0.4 is 0 Å². The Balaban J connectivity index is 4.57. The molecule has 0 N–H and O–H groups in total. The number of amides is 1. The summed E-state index contributed by atoms with van der Waals surface area (Å²) < 4.78 is 0. The van der Waals surface area contributed by atoms with Gasteiger partial charge in [0.15, 0.2) is 0 Å². The van der Waals surface area contributed by atoms with Crippen molar-refractivity contribution in [3.8, 4) is 0 Å². The van der Waals surface area contributed by atoms with Crippen molar-refractivity contribution in [1.29, 1.82) is 0 Å². The predicted octanol–water partition coefficient (Wildman–Crippen LogP) is 2.51. The van der Waals surface area contributed by atoms with Gasteiger partial charge in [0, 0.05) is 24.9 Å². The van der Waals surface area contributed by atoms with Crippen LogP contribution in [0.4, 0.5) is 0 Å². The fraction of sp³-hybridized carbons (Fsp3) is 0.643. The van der Waals surface area contributed by atoms with E-state index < -0.39 is 0 Å². The summed E-state index contributed by atoms with van der Waals surface area (Å²) >= 11 is 0. The van der Waals surface area contributed by atoms with E-state index in [1.54, 1.807) is 11.0 Å². The molecule has 0 radical (unpaired) electrons. The van der Waals surface area contributed by atoms with Crippen LogP contribution in [0.25, 0.3) is 0 Å². The van der Waals surface area contributed by atoms with Gasteiger partial charge in [-0.25, -0.2) is 0 Å². The lowest BCUT2D eigenvalue weighted by atomic mass is 9.96. The highest BCUT2D eigenvalue weighted by Gasteiger charge is 2.19. The van der Waals surface area contributed by atoms with E-state index in [9.17, 15) is 4.79 Å². The van der Waals surface area contributed by atoms with Gasteiger partial charge in [-0.05, 0) is 26.4 Å². The van der Waals surface area contributed by atoms with Crippen LogP contribution in [0.1, 0.15) is 27.7 Å². The molecule has 1 amide bonds. The number of rotatable bonds is 5. The normalized spacial score (nSPS) is 12.2. The van der Waals surface area contributed by atoms with Gasteiger partial charge in [-0.15, -0.1) is 0 Å². The number of allylic oxidation sites excluding steroid dienone is 1. The number of carbonyl (C=O) groups is 1. The molecular formula is C14H26N2O. The van der Waals surface area contributed by atoms with Crippen molar-refractivity contribution in [1.82, 2.24) is 9.80 Å². The smallest absolute Gasteiger partial charge is 0.250 e. The summed E-state index contributed by atoms with van der Waals surface area (Å²) in [6.45, 7) is 13.5. The Labute approximate surface area is 106 Å². The zero-order valence-corrected chi connectivity index (χ0v) is 12.1. The summed E-state index contributed by atoms with van der Waals surface area (Å²) in [7, 11) is 3.95. The largest absolute Gasteiger partial charge is 0.313 e. The van der Waals surface area contributed by atoms with Crippen LogP contribution in [0.3, 0.4) is 0 Å². The Morgan fingerprint density at radius 3 is 2.18 bits per heavy atom. The lowest BCUT2D eigenvalue weighted by Crippen LogP contribution is -2.35. The molecule has 0 spiro atoms. The molecule has 0 saturated carbocycles. The van der Waals surface area contributed by atoms with E-state index in [1.807, 2.05) is 32.0 Å². The Morgan fingerprint density at radius 1 is 1.29 bits per heavy atom. The Hall–Kier alpha value is -1.09. The van der Waals surface area contributed by atoms with E-state index in [4.69, 9.17) is 0 Å². The van der Waals surface area contributed by atoms with Gasteiger partial charge < -0.3 is 9.80 Å². The first kappa shape index (κ1) is 15.9. The highest BCUT2D eigenvalue weighted by atomic mass is 16.2. The SMILES string of the molecule is C=C(C)N(CC(C)(C)C)C(=O)/C=C\CN(C)C. The number of likely N-dealkylation sites (N-methyl/N-ethyl adjacent to an activating group) is 1. The quantitative estimate of drug-likeness (QED) is 0.687. The second kappa shape index (κ2) is 6.60. The van der Waals surface area contributed by atoms with Crippen LogP contribution in [0.2, 0.25) is 0 Å². The maximum atomic E-state index is 12.0. The molecule has 0 heterocycles.